The van der Waals surface area contributed by atoms with Crippen molar-refractivity contribution in [1.29, 1.82) is 0 Å². The van der Waals surface area contributed by atoms with Crippen molar-refractivity contribution in [1.82, 2.24) is 0 Å². The Balaban J connectivity index is 2.89. The molecule has 0 atom stereocenters. The molecule has 0 saturated heterocycles. The lowest BCUT2D eigenvalue weighted by Gasteiger charge is -1.92. The number of nitrogens with two attached hydrogens (primary N) is 3. The second-order valence-electron chi connectivity index (χ2n) is 2.45. The minimum Gasteiger partial charge on any atom is -0.470 e. The molecule has 70 valence electrons. The average molecular weight is 181 g/mol. The van der Waals surface area contributed by atoms with E-state index in [1.54, 1.807) is 6.26 Å². The van der Waals surface area contributed by atoms with Gasteiger partial charge in [-0.1, -0.05) is 0 Å². The van der Waals surface area contributed by atoms with Crippen LogP contribution >= 0.6 is 0 Å². The Hall–Kier alpha value is -1.98. The summed E-state index contributed by atoms with van der Waals surface area (Å²) in [6.45, 7) is 1.84. The fraction of sp³-hybridized carbons (Fsp3) is 0.143. The molecule has 0 aromatic carbocycles. The van der Waals surface area contributed by atoms with E-state index in [1.807, 2.05) is 6.92 Å². The van der Waals surface area contributed by atoms with Crippen LogP contribution in [0.3, 0.4) is 0 Å². The van der Waals surface area contributed by atoms with Crippen LogP contribution in [0.4, 0.5) is 5.69 Å². The number of hydrogen-bond acceptors (Lipinski definition) is 2. The summed E-state index contributed by atoms with van der Waals surface area (Å²) < 4.78 is 4.88. The number of nitrogens with zero attached hydrogens (tertiary/aromatic N) is 2. The molecule has 6 nitrogen and oxygen atoms in total. The molecule has 13 heavy (non-hydrogen) atoms. The highest BCUT2D eigenvalue weighted by molar-refractivity contribution is 5.93. The normalized spacial score (nSPS) is 11.3. The van der Waals surface area contributed by atoms with Crippen molar-refractivity contribution in [3.05, 3.63) is 18.1 Å². The fourth-order valence-electron chi connectivity index (χ4n) is 0.749. The van der Waals surface area contributed by atoms with Gasteiger partial charge in [-0.15, -0.1) is 0 Å². The Morgan fingerprint density at radius 1 is 1.31 bits per heavy atom. The Morgan fingerprint density at radius 3 is 2.46 bits per heavy atom. The van der Waals surface area contributed by atoms with Gasteiger partial charge in [-0.05, 0) is 6.92 Å². The molecule has 0 aliphatic heterocycles. The summed E-state index contributed by atoms with van der Waals surface area (Å²) >= 11 is 0. The van der Waals surface area contributed by atoms with Crippen molar-refractivity contribution in [2.45, 2.75) is 6.92 Å². The van der Waals surface area contributed by atoms with Gasteiger partial charge in [-0.3, -0.25) is 0 Å². The highest BCUT2D eigenvalue weighted by Crippen LogP contribution is 2.18. The zero-order valence-electron chi connectivity index (χ0n) is 7.19. The Bertz CT molecular complexity index is 348. The van der Waals surface area contributed by atoms with Crippen LogP contribution in [0.2, 0.25) is 0 Å². The fourth-order valence-corrected chi connectivity index (χ4v) is 0.749. The lowest BCUT2D eigenvalue weighted by molar-refractivity contribution is 0.566. The summed E-state index contributed by atoms with van der Waals surface area (Å²) in [5, 5.41) is 0. The van der Waals surface area contributed by atoms with Crippen LogP contribution in [0.15, 0.2) is 26.9 Å². The first kappa shape index (κ1) is 9.11. The number of hydrogen-bond donors (Lipinski definition) is 3. The molecule has 0 aliphatic rings. The van der Waals surface area contributed by atoms with Crippen LogP contribution in [-0.4, -0.2) is 11.9 Å². The molecule has 0 spiro atoms. The van der Waals surface area contributed by atoms with Crippen molar-refractivity contribution < 1.29 is 4.42 Å². The van der Waals surface area contributed by atoms with E-state index in [0.29, 0.717) is 5.69 Å². The monoisotopic (exact) mass is 181 g/mol. The summed E-state index contributed by atoms with van der Waals surface area (Å²) in [5.74, 6) is -0.119. The van der Waals surface area contributed by atoms with Crippen LogP contribution in [0.1, 0.15) is 5.56 Å². The molecule has 0 bridgehead atoms. The van der Waals surface area contributed by atoms with Crippen LogP contribution in [0, 0.1) is 6.92 Å². The topological polar surface area (TPSA) is 116 Å². The van der Waals surface area contributed by atoms with Gasteiger partial charge in [0.1, 0.15) is 12.0 Å². The lowest BCUT2D eigenvalue weighted by atomic mass is 10.3. The molecule has 0 radical (unpaired) electrons. The molecule has 6 heteroatoms. The molecule has 0 aliphatic carbocycles. The van der Waals surface area contributed by atoms with E-state index in [1.165, 1.54) is 6.26 Å². The minimum atomic E-state index is -0.123. The van der Waals surface area contributed by atoms with Gasteiger partial charge in [0.25, 0.3) is 0 Å². The van der Waals surface area contributed by atoms with Crippen LogP contribution in [0.25, 0.3) is 0 Å². The number of aliphatic imine (C=N–C) groups is 2. The second-order valence-corrected chi connectivity index (χ2v) is 2.45. The highest BCUT2D eigenvalue weighted by Gasteiger charge is 1.98. The Morgan fingerprint density at radius 2 is 2.00 bits per heavy atom. The van der Waals surface area contributed by atoms with Gasteiger partial charge in [0.05, 0.1) is 6.26 Å². The summed E-state index contributed by atoms with van der Waals surface area (Å²) in [4.78, 5) is 7.46. The van der Waals surface area contributed by atoms with E-state index in [4.69, 9.17) is 21.6 Å². The van der Waals surface area contributed by atoms with Gasteiger partial charge in [0.2, 0.25) is 5.96 Å². The number of rotatable bonds is 1. The molecule has 0 saturated carbocycles. The zero-order chi connectivity index (χ0) is 9.84. The van der Waals surface area contributed by atoms with Gasteiger partial charge < -0.3 is 21.6 Å². The summed E-state index contributed by atoms with van der Waals surface area (Å²) in [6.07, 6.45) is 3.02. The summed E-state index contributed by atoms with van der Waals surface area (Å²) in [6, 6.07) is 0. The minimum absolute atomic E-state index is 0.00417. The Labute approximate surface area is 75.1 Å². The highest BCUT2D eigenvalue weighted by atomic mass is 16.3. The maximum atomic E-state index is 5.40. The van der Waals surface area contributed by atoms with E-state index in [2.05, 4.69) is 9.98 Å². The smallest absolute Gasteiger partial charge is 0.223 e. The molecule has 0 unspecified atom stereocenters. The van der Waals surface area contributed by atoms with E-state index in [9.17, 15) is 0 Å². The third-order valence-corrected chi connectivity index (χ3v) is 1.31. The average Bonchev–Trinajstić information content (AvgIpc) is 2.34. The van der Waals surface area contributed by atoms with Crippen molar-refractivity contribution in [3.8, 4) is 0 Å². The second kappa shape index (κ2) is 3.61. The number of guanidine groups is 2. The zero-order valence-corrected chi connectivity index (χ0v) is 7.19. The third kappa shape index (κ3) is 2.51. The quantitative estimate of drug-likeness (QED) is 0.411. The molecule has 6 N–H and O–H groups in total. The third-order valence-electron chi connectivity index (χ3n) is 1.31. The standard InChI is InChI=1S/C7H11N5O/c1-4-2-13-3-5(4)11-7(10)12-6(8)9/h2-3H,1H3,(H6,8,9,10,11,12). The molecule has 0 fully saturated rings. The van der Waals surface area contributed by atoms with Crippen LogP contribution < -0.4 is 17.2 Å². The SMILES string of the molecule is Cc1cocc1N=C(N)N=C(N)N. The van der Waals surface area contributed by atoms with Gasteiger partial charge in [-0.2, -0.15) is 4.99 Å². The first-order chi connectivity index (χ1) is 6.09. The number of furan rings is 1. The molecular weight excluding hydrogens is 170 g/mol. The predicted octanol–water partition coefficient (Wildman–Crippen LogP) is -0.192. The van der Waals surface area contributed by atoms with Gasteiger partial charge in [-0.25, -0.2) is 4.99 Å². The number of aryl methyl sites for hydroxylation is 1. The van der Waals surface area contributed by atoms with E-state index in [-0.39, 0.29) is 11.9 Å². The molecular formula is C7H11N5O. The molecule has 1 aromatic rings. The summed E-state index contributed by atoms with van der Waals surface area (Å²) in [5.41, 5.74) is 17.1. The van der Waals surface area contributed by atoms with Crippen LogP contribution in [-0.2, 0) is 0 Å². The van der Waals surface area contributed by atoms with Crippen LogP contribution in [0.5, 0.6) is 0 Å². The first-order valence-electron chi connectivity index (χ1n) is 3.56. The van der Waals surface area contributed by atoms with E-state index < -0.39 is 0 Å². The molecule has 0 amide bonds. The predicted molar refractivity (Wildman–Crippen MR) is 50.5 cm³/mol. The molecule has 1 rings (SSSR count). The molecule has 1 aromatic heterocycles. The largest absolute Gasteiger partial charge is 0.470 e. The van der Waals surface area contributed by atoms with Crippen molar-refractivity contribution in [2.75, 3.05) is 0 Å². The first-order valence-corrected chi connectivity index (χ1v) is 3.56. The van der Waals surface area contributed by atoms with Crippen molar-refractivity contribution in [3.63, 3.8) is 0 Å². The maximum Gasteiger partial charge on any atom is 0.223 e. The van der Waals surface area contributed by atoms with E-state index >= 15 is 0 Å². The van der Waals surface area contributed by atoms with E-state index in [0.717, 1.165) is 5.56 Å². The van der Waals surface area contributed by atoms with Gasteiger partial charge >= 0.3 is 0 Å². The van der Waals surface area contributed by atoms with Crippen molar-refractivity contribution >= 4 is 17.6 Å². The maximum absolute atomic E-state index is 5.40. The lowest BCUT2D eigenvalue weighted by Crippen LogP contribution is -2.26. The summed E-state index contributed by atoms with van der Waals surface area (Å²) in [7, 11) is 0. The Kier molecular flexibility index (Phi) is 2.53. The van der Waals surface area contributed by atoms with Gasteiger partial charge in [0.15, 0.2) is 5.96 Å². The van der Waals surface area contributed by atoms with Crippen molar-refractivity contribution in [2.24, 2.45) is 27.2 Å². The molecule has 1 heterocycles. The van der Waals surface area contributed by atoms with Gasteiger partial charge in [0, 0.05) is 5.56 Å².